The van der Waals surface area contributed by atoms with Crippen LogP contribution in [0.4, 0.5) is 0 Å². The summed E-state index contributed by atoms with van der Waals surface area (Å²) in [5.41, 5.74) is -0.548. The van der Waals surface area contributed by atoms with Gasteiger partial charge in [0.15, 0.2) is 22.9 Å². The number of likely N-dealkylation sites (N-methyl/N-ethyl adjacent to an activating group) is 1. The third-order valence-corrected chi connectivity index (χ3v) is 9.32. The molecule has 0 saturated heterocycles. The van der Waals surface area contributed by atoms with Crippen LogP contribution in [0.3, 0.4) is 0 Å². The van der Waals surface area contributed by atoms with E-state index < -0.39 is 85.1 Å². The summed E-state index contributed by atoms with van der Waals surface area (Å²) in [6.07, 6.45) is -0.200. The Morgan fingerprint density at radius 1 is 1.04 bits per heavy atom. The molecule has 5 rings (SSSR count). The molecule has 5 atom stereocenters. The van der Waals surface area contributed by atoms with E-state index in [0.29, 0.717) is 0 Å². The number of ketones is 2. The zero-order chi connectivity index (χ0) is 34.0. The first-order valence-corrected chi connectivity index (χ1v) is 14.7. The van der Waals surface area contributed by atoms with Gasteiger partial charge in [-0.05, 0) is 51.2 Å². The number of benzene rings is 2. The van der Waals surface area contributed by atoms with Gasteiger partial charge in [0.25, 0.3) is 16.0 Å². The molecule has 1 fully saturated rings. The Morgan fingerprint density at radius 3 is 2.18 bits per heavy atom. The summed E-state index contributed by atoms with van der Waals surface area (Å²) in [6, 6.07) is 6.31. The minimum absolute atomic E-state index is 0.146. The summed E-state index contributed by atoms with van der Waals surface area (Å²) in [4.78, 5) is 39.6. The largest absolute Gasteiger partial charge is 0.508 e. The van der Waals surface area contributed by atoms with E-state index in [2.05, 4.69) is 4.74 Å². The first-order valence-electron chi connectivity index (χ1n) is 13.3. The number of rotatable bonds is 4. The molecule has 0 spiro atoms. The summed E-state index contributed by atoms with van der Waals surface area (Å²) >= 11 is 0. The number of methoxy groups -OCH3 is 1. The van der Waals surface area contributed by atoms with E-state index in [1.807, 2.05) is 0 Å². The van der Waals surface area contributed by atoms with Gasteiger partial charge in [0.1, 0.15) is 22.8 Å². The number of phenols is 2. The van der Waals surface area contributed by atoms with Crippen molar-refractivity contribution in [2.45, 2.75) is 35.5 Å². The van der Waals surface area contributed by atoms with Crippen molar-refractivity contribution in [1.82, 2.24) is 4.90 Å². The number of carbonyl (C=O) groups excluding carboxylic acids is 3. The highest BCUT2D eigenvalue weighted by molar-refractivity contribution is 7.85. The maximum Gasteiger partial charge on any atom is 0.294 e. The first kappa shape index (κ1) is 33.4. The summed E-state index contributed by atoms with van der Waals surface area (Å²) in [6.45, 7) is 1.40. The quantitative estimate of drug-likeness (QED) is 0.163. The van der Waals surface area contributed by atoms with Crippen molar-refractivity contribution in [3.63, 3.8) is 0 Å². The predicted molar refractivity (Wildman–Crippen MR) is 155 cm³/mol. The molecule has 3 aliphatic carbocycles. The van der Waals surface area contributed by atoms with Gasteiger partial charge >= 0.3 is 0 Å². The number of hydrogen-bond acceptors (Lipinski definition) is 13. The Balaban J connectivity index is 0.000000297. The minimum atomic E-state index is -4.27. The fourth-order valence-corrected chi connectivity index (χ4v) is 6.83. The summed E-state index contributed by atoms with van der Waals surface area (Å²) in [7, 11) is 0.0768. The lowest BCUT2D eigenvalue weighted by Gasteiger charge is -2.53. The van der Waals surface area contributed by atoms with E-state index in [-0.39, 0.29) is 33.9 Å². The number of primary amides is 1. The molecule has 3 aliphatic rings. The lowest BCUT2D eigenvalue weighted by Crippen LogP contribution is -2.67. The van der Waals surface area contributed by atoms with Crippen LogP contribution in [0.15, 0.2) is 58.2 Å². The summed E-state index contributed by atoms with van der Waals surface area (Å²) in [5, 5.41) is 64.0. The van der Waals surface area contributed by atoms with E-state index in [1.54, 1.807) is 0 Å². The van der Waals surface area contributed by atoms with E-state index in [4.69, 9.17) is 15.4 Å². The number of nitrogens with zero attached hydrogens (tertiary/aromatic N) is 1. The van der Waals surface area contributed by atoms with Gasteiger partial charge in [0.05, 0.1) is 29.2 Å². The van der Waals surface area contributed by atoms with Gasteiger partial charge in [0.2, 0.25) is 5.78 Å². The number of phenolic OH excluding ortho intramolecular Hbond substituents is 2. The van der Waals surface area contributed by atoms with Crippen LogP contribution in [0.1, 0.15) is 24.5 Å². The van der Waals surface area contributed by atoms with Crippen LogP contribution in [0.25, 0.3) is 5.76 Å². The van der Waals surface area contributed by atoms with Crippen LogP contribution < -0.4 is 10.5 Å². The highest BCUT2D eigenvalue weighted by Gasteiger charge is 2.66. The van der Waals surface area contributed by atoms with Crippen molar-refractivity contribution >= 4 is 33.4 Å². The van der Waals surface area contributed by atoms with Crippen LogP contribution in [-0.2, 0) is 30.1 Å². The summed E-state index contributed by atoms with van der Waals surface area (Å²) in [5.74, 6) is -8.09. The third kappa shape index (κ3) is 5.09. The van der Waals surface area contributed by atoms with Gasteiger partial charge in [-0.1, -0.05) is 12.1 Å². The highest BCUT2D eigenvalue weighted by atomic mass is 32.2. The fourth-order valence-electron chi connectivity index (χ4n) is 6.33. The van der Waals surface area contributed by atoms with Crippen LogP contribution in [0.2, 0.25) is 0 Å². The number of aliphatic hydroxyl groups is 4. The van der Waals surface area contributed by atoms with Gasteiger partial charge in [0, 0.05) is 23.5 Å². The van der Waals surface area contributed by atoms with Crippen LogP contribution in [-0.4, -0.2) is 98.8 Å². The molecule has 0 aromatic heterocycles. The molecular formula is C29H32N2O13S. The van der Waals surface area contributed by atoms with E-state index in [9.17, 15) is 48.3 Å². The zero-order valence-electron chi connectivity index (χ0n) is 24.4. The topological polar surface area (TPSA) is 265 Å². The summed E-state index contributed by atoms with van der Waals surface area (Å²) < 4.78 is 34.5. The van der Waals surface area contributed by atoms with Crippen molar-refractivity contribution in [1.29, 1.82) is 0 Å². The number of aliphatic hydroxyl groups excluding tert-OH is 2. The molecule has 45 heavy (non-hydrogen) atoms. The van der Waals surface area contributed by atoms with Gasteiger partial charge in [-0.3, -0.25) is 23.8 Å². The molecule has 2 aromatic carbocycles. The molecule has 0 bridgehead atoms. The second-order valence-electron chi connectivity index (χ2n) is 11.3. The van der Waals surface area contributed by atoms with Crippen molar-refractivity contribution < 1.29 is 62.7 Å². The second kappa shape index (κ2) is 11.1. The molecule has 9 N–H and O–H groups in total. The lowest BCUT2D eigenvalue weighted by atomic mass is 9.54. The molecule has 0 radical (unpaired) electrons. The molecular weight excluding hydrogens is 616 g/mol. The average molecular weight is 649 g/mol. The molecule has 0 unspecified atom stereocenters. The van der Waals surface area contributed by atoms with Gasteiger partial charge in [-0.2, -0.15) is 8.42 Å². The standard InChI is InChI=1S/C22H24N2O8.C7H8O5S/c1-21(31)8-5-4-6-11(25)12(8)16(26)13-9(21)7-10-15(24(2)3)17(27)14(20(23)30)19(29)22(10,32)18(13)28;1-12-7-3-2-5(4-6(7)8)13(9,10)11/h4-6,9-10,15,25-26,29,31-32H,7H2,1-3H3,(H2,23,30);2-4,8H,1H3,(H,9,10,11)/t9-,10-,15-,21+,22-;/m0./s1. The van der Waals surface area contributed by atoms with Crippen molar-refractivity contribution in [3.05, 3.63) is 64.4 Å². The highest BCUT2D eigenvalue weighted by Crippen LogP contribution is 2.57. The number of carbonyl (C=O) groups is 3. The Bertz CT molecular complexity index is 1790. The van der Waals surface area contributed by atoms with Crippen LogP contribution in [0.5, 0.6) is 17.2 Å². The van der Waals surface area contributed by atoms with E-state index in [0.717, 1.165) is 12.1 Å². The molecule has 16 heteroatoms. The molecule has 1 amide bonds. The molecule has 2 aromatic rings. The van der Waals surface area contributed by atoms with Crippen molar-refractivity contribution in [2.24, 2.45) is 17.6 Å². The van der Waals surface area contributed by atoms with Crippen molar-refractivity contribution in [2.75, 3.05) is 21.2 Å². The van der Waals surface area contributed by atoms with E-state index >= 15 is 0 Å². The molecule has 242 valence electrons. The first-order chi connectivity index (χ1) is 20.7. The smallest absolute Gasteiger partial charge is 0.294 e. The third-order valence-electron chi connectivity index (χ3n) is 8.47. The van der Waals surface area contributed by atoms with E-state index in [1.165, 1.54) is 57.3 Å². The number of amides is 1. The van der Waals surface area contributed by atoms with Gasteiger partial charge in [-0.25, -0.2) is 0 Å². The number of Topliss-reactive ketones (excluding diaryl/α,β-unsaturated/α-hetero) is 2. The van der Waals surface area contributed by atoms with Gasteiger partial charge in [-0.15, -0.1) is 0 Å². The fraction of sp³-hybridized carbons (Fsp3) is 0.345. The maximum atomic E-state index is 13.7. The molecule has 0 heterocycles. The Morgan fingerprint density at radius 2 is 1.67 bits per heavy atom. The Labute approximate surface area is 256 Å². The Kier molecular flexibility index (Phi) is 8.28. The monoisotopic (exact) mass is 648 g/mol. The predicted octanol–water partition coefficient (Wildman–Crippen LogP) is 0.277. The van der Waals surface area contributed by atoms with Crippen molar-refractivity contribution in [3.8, 4) is 17.2 Å². The second-order valence-corrected chi connectivity index (χ2v) is 12.7. The minimum Gasteiger partial charge on any atom is -0.508 e. The molecule has 0 aliphatic heterocycles. The molecule has 1 saturated carbocycles. The number of fused-ring (bicyclic) bond motifs is 3. The SMILES string of the molecule is CN(C)[C@@H]1C(=O)C(C(N)=O)=C(O)[C@@]2(O)C(=O)C3=C(O)c4c(O)cccc4[C@@](C)(O)[C@H]3C[C@@H]12.COc1ccc(S(=O)(=O)O)cc1O. The Hall–Kier alpha value is -4.48. The average Bonchev–Trinajstić information content (AvgIpc) is 2.93. The van der Waals surface area contributed by atoms with Crippen LogP contribution >= 0.6 is 0 Å². The number of hydrogen-bond donors (Lipinski definition) is 8. The number of nitrogens with two attached hydrogens (primary N) is 1. The number of ether oxygens (including phenoxy) is 1. The molecule has 15 nitrogen and oxygen atoms in total. The normalized spacial score (nSPS) is 27.7. The zero-order valence-corrected chi connectivity index (χ0v) is 25.2. The van der Waals surface area contributed by atoms with Gasteiger partial charge < -0.3 is 41.1 Å². The lowest BCUT2D eigenvalue weighted by molar-refractivity contribution is -0.159. The van der Waals surface area contributed by atoms with Crippen LogP contribution in [0, 0.1) is 11.8 Å². The number of aromatic hydroxyl groups is 2. The maximum absolute atomic E-state index is 13.7.